The minimum absolute atomic E-state index is 0.179. The first kappa shape index (κ1) is 17.1. The van der Waals surface area contributed by atoms with E-state index in [2.05, 4.69) is 10.6 Å². The smallest absolute Gasteiger partial charge is 0.228 e. The maximum Gasteiger partial charge on any atom is 0.228 e. The first-order valence-corrected chi connectivity index (χ1v) is 8.07. The molecule has 0 saturated heterocycles. The highest BCUT2D eigenvalue weighted by Crippen LogP contribution is 2.40. The van der Waals surface area contributed by atoms with E-state index >= 15 is 0 Å². The summed E-state index contributed by atoms with van der Waals surface area (Å²) in [6.45, 7) is 1.86. The summed E-state index contributed by atoms with van der Waals surface area (Å²) in [4.78, 5) is 24.4. The van der Waals surface area contributed by atoms with Crippen LogP contribution < -0.4 is 10.6 Å². The summed E-state index contributed by atoms with van der Waals surface area (Å²) in [6.07, 6.45) is 0.370. The maximum atomic E-state index is 13.6. The van der Waals surface area contributed by atoms with Crippen molar-refractivity contribution in [1.82, 2.24) is 5.32 Å². The molecule has 0 heterocycles. The monoisotopic (exact) mass is 344 g/mol. The summed E-state index contributed by atoms with van der Waals surface area (Å²) in [5.74, 6) is -3.49. The average molecular weight is 344 g/mol. The Morgan fingerprint density at radius 1 is 0.960 bits per heavy atom. The van der Waals surface area contributed by atoms with E-state index in [0.717, 1.165) is 17.7 Å². The van der Waals surface area contributed by atoms with Crippen LogP contribution in [0.4, 0.5) is 14.5 Å². The topological polar surface area (TPSA) is 58.2 Å². The van der Waals surface area contributed by atoms with Crippen LogP contribution in [0.25, 0.3) is 0 Å². The summed E-state index contributed by atoms with van der Waals surface area (Å²) in [5.41, 5.74) is 0.488. The van der Waals surface area contributed by atoms with Gasteiger partial charge >= 0.3 is 0 Å². The summed E-state index contributed by atoms with van der Waals surface area (Å²) >= 11 is 0. The summed E-state index contributed by atoms with van der Waals surface area (Å²) in [6, 6.07) is 12.6. The molecule has 1 aliphatic carbocycles. The number of carbonyl (C=O) groups excluding carboxylic acids is 2. The SMILES string of the molecule is CC(NC(=O)C1CC1C(=O)Nc1c(F)cccc1F)c1ccccc1. The van der Waals surface area contributed by atoms with Crippen LogP contribution in [0.5, 0.6) is 0 Å². The highest BCUT2D eigenvalue weighted by atomic mass is 19.1. The number of hydrogen-bond donors (Lipinski definition) is 2. The molecule has 3 unspecified atom stereocenters. The lowest BCUT2D eigenvalue weighted by Gasteiger charge is -2.14. The zero-order chi connectivity index (χ0) is 18.0. The van der Waals surface area contributed by atoms with Crippen molar-refractivity contribution in [2.24, 2.45) is 11.8 Å². The predicted octanol–water partition coefficient (Wildman–Crippen LogP) is 3.42. The molecule has 4 nitrogen and oxygen atoms in total. The zero-order valence-corrected chi connectivity index (χ0v) is 13.6. The van der Waals surface area contributed by atoms with Gasteiger partial charge in [0.15, 0.2) is 0 Å². The molecule has 130 valence electrons. The van der Waals surface area contributed by atoms with Crippen molar-refractivity contribution in [3.05, 3.63) is 65.7 Å². The first-order chi connectivity index (χ1) is 12.0. The van der Waals surface area contributed by atoms with Gasteiger partial charge in [0.2, 0.25) is 11.8 Å². The average Bonchev–Trinajstić information content (AvgIpc) is 3.40. The Morgan fingerprint density at radius 2 is 1.56 bits per heavy atom. The fourth-order valence-corrected chi connectivity index (χ4v) is 2.75. The summed E-state index contributed by atoms with van der Waals surface area (Å²) in [5, 5.41) is 5.10. The van der Waals surface area contributed by atoms with Crippen LogP contribution in [-0.2, 0) is 9.59 Å². The first-order valence-electron chi connectivity index (χ1n) is 8.07. The molecule has 0 spiro atoms. The van der Waals surface area contributed by atoms with Crippen LogP contribution in [0, 0.1) is 23.5 Å². The van der Waals surface area contributed by atoms with Crippen LogP contribution in [0.1, 0.15) is 24.9 Å². The third-order valence-electron chi connectivity index (χ3n) is 4.33. The number of para-hydroxylation sites is 1. The zero-order valence-electron chi connectivity index (χ0n) is 13.6. The number of nitrogens with one attached hydrogen (secondary N) is 2. The molecule has 2 aromatic carbocycles. The molecule has 3 rings (SSSR count). The Bertz CT molecular complexity index is 775. The van der Waals surface area contributed by atoms with Crippen LogP contribution in [-0.4, -0.2) is 11.8 Å². The summed E-state index contributed by atoms with van der Waals surface area (Å²) < 4.78 is 27.2. The Labute approximate surface area is 144 Å². The Kier molecular flexibility index (Phi) is 4.79. The predicted molar refractivity (Wildman–Crippen MR) is 89.6 cm³/mol. The minimum Gasteiger partial charge on any atom is -0.349 e. The number of carbonyl (C=O) groups is 2. The molecule has 2 N–H and O–H groups in total. The second-order valence-corrected chi connectivity index (χ2v) is 6.18. The van der Waals surface area contributed by atoms with Crippen molar-refractivity contribution < 1.29 is 18.4 Å². The highest BCUT2D eigenvalue weighted by Gasteiger charge is 2.48. The van der Waals surface area contributed by atoms with Crippen molar-refractivity contribution in [2.45, 2.75) is 19.4 Å². The van der Waals surface area contributed by atoms with E-state index in [1.165, 1.54) is 6.07 Å². The van der Waals surface area contributed by atoms with Crippen LogP contribution in [0.15, 0.2) is 48.5 Å². The number of hydrogen-bond acceptors (Lipinski definition) is 2. The van der Waals surface area contributed by atoms with Crippen LogP contribution in [0.2, 0.25) is 0 Å². The molecule has 1 fully saturated rings. The lowest BCUT2D eigenvalue weighted by molar-refractivity contribution is -0.125. The molecule has 1 aliphatic rings. The molecule has 2 amide bonds. The summed E-state index contributed by atoms with van der Waals surface area (Å²) in [7, 11) is 0. The molecule has 0 radical (unpaired) electrons. The second kappa shape index (κ2) is 7.01. The molecule has 2 aromatic rings. The molecule has 6 heteroatoms. The Hall–Kier alpha value is -2.76. The molecule has 0 aliphatic heterocycles. The molecule has 25 heavy (non-hydrogen) atoms. The van der Waals surface area contributed by atoms with E-state index in [1.54, 1.807) is 0 Å². The van der Waals surface area contributed by atoms with Gasteiger partial charge in [0, 0.05) is 0 Å². The van der Waals surface area contributed by atoms with E-state index in [9.17, 15) is 18.4 Å². The van der Waals surface area contributed by atoms with Gasteiger partial charge in [0.25, 0.3) is 0 Å². The lowest BCUT2D eigenvalue weighted by Crippen LogP contribution is -2.30. The van der Waals surface area contributed by atoms with Gasteiger partial charge in [-0.1, -0.05) is 36.4 Å². The number of benzene rings is 2. The maximum absolute atomic E-state index is 13.6. The van der Waals surface area contributed by atoms with E-state index in [1.807, 2.05) is 37.3 Å². The van der Waals surface area contributed by atoms with Crippen molar-refractivity contribution in [3.63, 3.8) is 0 Å². The second-order valence-electron chi connectivity index (χ2n) is 6.18. The van der Waals surface area contributed by atoms with Crippen molar-refractivity contribution >= 4 is 17.5 Å². The van der Waals surface area contributed by atoms with E-state index in [0.29, 0.717) is 6.42 Å². The van der Waals surface area contributed by atoms with E-state index in [-0.39, 0.29) is 11.9 Å². The van der Waals surface area contributed by atoms with Crippen molar-refractivity contribution in [2.75, 3.05) is 5.32 Å². The molecule has 0 aromatic heterocycles. The third kappa shape index (κ3) is 3.84. The fourth-order valence-electron chi connectivity index (χ4n) is 2.75. The fraction of sp³-hybridized carbons (Fsp3) is 0.263. The Morgan fingerprint density at radius 3 is 2.20 bits per heavy atom. The quantitative estimate of drug-likeness (QED) is 0.873. The Balaban J connectivity index is 1.57. The molecule has 1 saturated carbocycles. The van der Waals surface area contributed by atoms with Gasteiger partial charge in [-0.15, -0.1) is 0 Å². The van der Waals surface area contributed by atoms with Gasteiger partial charge in [-0.2, -0.15) is 0 Å². The van der Waals surface area contributed by atoms with Gasteiger partial charge < -0.3 is 10.6 Å². The molecule has 3 atom stereocenters. The van der Waals surface area contributed by atoms with Crippen LogP contribution >= 0.6 is 0 Å². The van der Waals surface area contributed by atoms with Gasteiger partial charge in [-0.25, -0.2) is 8.78 Å². The number of amides is 2. The standard InChI is InChI=1S/C19H18F2N2O2/c1-11(12-6-3-2-4-7-12)22-18(24)13-10-14(13)19(25)23-17-15(20)8-5-9-16(17)21/h2-9,11,13-14H,10H2,1H3,(H,22,24)(H,23,25). The lowest BCUT2D eigenvalue weighted by atomic mass is 10.1. The minimum atomic E-state index is -0.840. The largest absolute Gasteiger partial charge is 0.349 e. The van der Waals surface area contributed by atoms with Gasteiger partial charge in [-0.3, -0.25) is 9.59 Å². The number of rotatable bonds is 5. The van der Waals surface area contributed by atoms with Crippen molar-refractivity contribution in [1.29, 1.82) is 0 Å². The van der Waals surface area contributed by atoms with Crippen molar-refractivity contribution in [3.8, 4) is 0 Å². The van der Waals surface area contributed by atoms with Gasteiger partial charge in [0.05, 0.1) is 17.9 Å². The molecule has 0 bridgehead atoms. The van der Waals surface area contributed by atoms with E-state index in [4.69, 9.17) is 0 Å². The normalized spacial score (nSPS) is 19.8. The van der Waals surface area contributed by atoms with E-state index < -0.39 is 35.1 Å². The van der Waals surface area contributed by atoms with Gasteiger partial charge in [0.1, 0.15) is 17.3 Å². The van der Waals surface area contributed by atoms with Gasteiger partial charge in [-0.05, 0) is 31.0 Å². The number of halogens is 2. The third-order valence-corrected chi connectivity index (χ3v) is 4.33. The highest BCUT2D eigenvalue weighted by molar-refractivity contribution is 5.99. The van der Waals surface area contributed by atoms with Crippen LogP contribution in [0.3, 0.4) is 0 Å². The molecular formula is C19H18F2N2O2. The molecular weight excluding hydrogens is 326 g/mol. The number of anilines is 1.